The second-order valence-corrected chi connectivity index (χ2v) is 4.94. The van der Waals surface area contributed by atoms with Crippen LogP contribution in [0.5, 0.6) is 17.4 Å². The van der Waals surface area contributed by atoms with Crippen LogP contribution >= 0.6 is 0 Å². The number of rotatable bonds is 6. The van der Waals surface area contributed by atoms with Gasteiger partial charge >= 0.3 is 0 Å². The molecule has 0 spiro atoms. The van der Waals surface area contributed by atoms with Gasteiger partial charge in [-0.25, -0.2) is 4.98 Å². The highest BCUT2D eigenvalue weighted by molar-refractivity contribution is 5.57. The van der Waals surface area contributed by atoms with E-state index in [2.05, 4.69) is 10.3 Å². The smallest absolute Gasteiger partial charge is 0.218 e. The molecule has 0 amide bonds. The van der Waals surface area contributed by atoms with Crippen LogP contribution in [0.4, 0.5) is 5.69 Å². The maximum absolute atomic E-state index is 5.95. The van der Waals surface area contributed by atoms with Crippen LogP contribution in [0.2, 0.25) is 0 Å². The Morgan fingerprint density at radius 3 is 2.52 bits per heavy atom. The molecule has 3 aromatic rings. The molecular weight excluding hydrogens is 288 g/mol. The zero-order valence-corrected chi connectivity index (χ0v) is 12.9. The third-order valence-corrected chi connectivity index (χ3v) is 3.37. The van der Waals surface area contributed by atoms with Gasteiger partial charge < -0.3 is 14.8 Å². The van der Waals surface area contributed by atoms with Gasteiger partial charge in [0.15, 0.2) is 5.75 Å². The molecule has 0 aliphatic rings. The highest BCUT2D eigenvalue weighted by Gasteiger charge is 2.07. The summed E-state index contributed by atoms with van der Waals surface area (Å²) in [5, 5.41) is 3.38. The van der Waals surface area contributed by atoms with Gasteiger partial charge in [-0.3, -0.25) is 0 Å². The van der Waals surface area contributed by atoms with Crippen LogP contribution in [-0.4, -0.2) is 12.1 Å². The minimum atomic E-state index is 0.603. The van der Waals surface area contributed by atoms with Gasteiger partial charge in [-0.2, -0.15) is 0 Å². The topological polar surface area (TPSA) is 43.4 Å². The molecule has 116 valence electrons. The third-order valence-electron chi connectivity index (χ3n) is 3.37. The fourth-order valence-electron chi connectivity index (χ4n) is 2.25. The minimum Gasteiger partial charge on any atom is -0.481 e. The fourth-order valence-corrected chi connectivity index (χ4v) is 2.25. The Bertz CT molecular complexity index is 760. The molecule has 2 aromatic carbocycles. The number of anilines is 1. The van der Waals surface area contributed by atoms with E-state index in [4.69, 9.17) is 9.47 Å². The first-order valence-electron chi connectivity index (χ1n) is 7.40. The molecule has 0 saturated carbocycles. The van der Waals surface area contributed by atoms with E-state index < -0.39 is 0 Å². The maximum atomic E-state index is 5.95. The molecule has 0 radical (unpaired) electrons. The molecule has 0 bridgehead atoms. The Morgan fingerprint density at radius 1 is 0.913 bits per heavy atom. The molecule has 0 unspecified atom stereocenters. The molecule has 3 rings (SSSR count). The monoisotopic (exact) mass is 306 g/mol. The fraction of sp³-hybridized carbons (Fsp3) is 0.105. The van der Waals surface area contributed by atoms with E-state index >= 15 is 0 Å². The van der Waals surface area contributed by atoms with Crippen molar-refractivity contribution in [2.45, 2.75) is 6.54 Å². The molecule has 1 N–H and O–H groups in total. The highest BCUT2D eigenvalue weighted by Crippen LogP contribution is 2.29. The summed E-state index contributed by atoms with van der Waals surface area (Å²) in [5.74, 6) is 2.21. The lowest BCUT2D eigenvalue weighted by molar-refractivity contribution is 0.393. The summed E-state index contributed by atoms with van der Waals surface area (Å²) in [6.07, 6.45) is 1.72. The zero-order chi connectivity index (χ0) is 15.9. The molecule has 1 aromatic heterocycles. The molecule has 0 saturated heterocycles. The first kappa shape index (κ1) is 14.9. The summed E-state index contributed by atoms with van der Waals surface area (Å²) in [6.45, 7) is 0.603. The quantitative estimate of drug-likeness (QED) is 0.728. The number of nitrogens with zero attached hydrogens (tertiary/aromatic N) is 1. The summed E-state index contributed by atoms with van der Waals surface area (Å²) >= 11 is 0. The number of ether oxygens (including phenoxy) is 2. The second kappa shape index (κ2) is 7.31. The third kappa shape index (κ3) is 3.80. The largest absolute Gasteiger partial charge is 0.481 e. The number of nitrogens with one attached hydrogen (secondary N) is 1. The SMILES string of the molecule is COc1ncccc1CNc1ccccc1Oc1ccccc1. The van der Waals surface area contributed by atoms with Crippen molar-refractivity contribution in [3.05, 3.63) is 78.5 Å². The van der Waals surface area contributed by atoms with Crippen molar-refractivity contribution in [1.29, 1.82) is 0 Å². The molecule has 4 heteroatoms. The van der Waals surface area contributed by atoms with Gasteiger partial charge in [0.1, 0.15) is 5.75 Å². The van der Waals surface area contributed by atoms with Gasteiger partial charge in [0, 0.05) is 18.3 Å². The van der Waals surface area contributed by atoms with Gasteiger partial charge in [-0.1, -0.05) is 36.4 Å². The lowest BCUT2D eigenvalue weighted by Gasteiger charge is -2.14. The second-order valence-electron chi connectivity index (χ2n) is 4.94. The van der Waals surface area contributed by atoms with E-state index in [1.807, 2.05) is 66.7 Å². The van der Waals surface area contributed by atoms with E-state index in [1.54, 1.807) is 13.3 Å². The first-order valence-corrected chi connectivity index (χ1v) is 7.40. The van der Waals surface area contributed by atoms with Crippen LogP contribution < -0.4 is 14.8 Å². The summed E-state index contributed by atoms with van der Waals surface area (Å²) in [5.41, 5.74) is 1.91. The van der Waals surface area contributed by atoms with E-state index in [0.29, 0.717) is 12.4 Å². The molecule has 0 aliphatic heterocycles. The number of methoxy groups -OCH3 is 1. The standard InChI is InChI=1S/C19H18N2O2/c1-22-19-15(8-7-13-20-19)14-21-17-11-5-6-12-18(17)23-16-9-3-2-4-10-16/h2-13,21H,14H2,1H3. The van der Waals surface area contributed by atoms with Crippen molar-refractivity contribution in [1.82, 2.24) is 4.98 Å². The van der Waals surface area contributed by atoms with Gasteiger partial charge in [0.25, 0.3) is 0 Å². The summed E-state index contributed by atoms with van der Waals surface area (Å²) in [6, 6.07) is 21.5. The molecule has 23 heavy (non-hydrogen) atoms. The summed E-state index contributed by atoms with van der Waals surface area (Å²) in [7, 11) is 1.62. The van der Waals surface area contributed by atoms with Crippen molar-refractivity contribution in [2.24, 2.45) is 0 Å². The average Bonchev–Trinajstić information content (AvgIpc) is 2.62. The van der Waals surface area contributed by atoms with Crippen LogP contribution in [0.25, 0.3) is 0 Å². The average molecular weight is 306 g/mol. The van der Waals surface area contributed by atoms with Crippen LogP contribution in [0, 0.1) is 0 Å². The minimum absolute atomic E-state index is 0.603. The van der Waals surface area contributed by atoms with Crippen molar-refractivity contribution < 1.29 is 9.47 Å². The number of aromatic nitrogens is 1. The van der Waals surface area contributed by atoms with E-state index in [0.717, 1.165) is 22.7 Å². The predicted octanol–water partition coefficient (Wildman–Crippen LogP) is 4.49. The zero-order valence-electron chi connectivity index (χ0n) is 12.9. The molecular formula is C19H18N2O2. The molecule has 1 heterocycles. The Kier molecular flexibility index (Phi) is 4.74. The van der Waals surface area contributed by atoms with Crippen molar-refractivity contribution in [2.75, 3.05) is 12.4 Å². The maximum Gasteiger partial charge on any atom is 0.218 e. The summed E-state index contributed by atoms with van der Waals surface area (Å²) in [4.78, 5) is 4.21. The Balaban J connectivity index is 1.76. The number of pyridine rings is 1. The van der Waals surface area contributed by atoms with Gasteiger partial charge in [0.2, 0.25) is 5.88 Å². The first-order chi connectivity index (χ1) is 11.4. The molecule has 0 aliphatic carbocycles. The predicted molar refractivity (Wildman–Crippen MR) is 91.1 cm³/mol. The van der Waals surface area contributed by atoms with Crippen LogP contribution in [0.3, 0.4) is 0 Å². The molecule has 4 nitrogen and oxygen atoms in total. The summed E-state index contributed by atoms with van der Waals surface area (Å²) < 4.78 is 11.2. The lowest BCUT2D eigenvalue weighted by Crippen LogP contribution is -2.03. The van der Waals surface area contributed by atoms with E-state index in [-0.39, 0.29) is 0 Å². The number of hydrogen-bond donors (Lipinski definition) is 1. The Hall–Kier alpha value is -3.01. The highest BCUT2D eigenvalue weighted by atomic mass is 16.5. The Labute approximate surface area is 135 Å². The number of hydrogen-bond acceptors (Lipinski definition) is 4. The van der Waals surface area contributed by atoms with Crippen LogP contribution in [-0.2, 0) is 6.54 Å². The van der Waals surface area contributed by atoms with Gasteiger partial charge in [-0.15, -0.1) is 0 Å². The number of para-hydroxylation sites is 3. The van der Waals surface area contributed by atoms with Crippen molar-refractivity contribution in [3.8, 4) is 17.4 Å². The molecule has 0 atom stereocenters. The van der Waals surface area contributed by atoms with Crippen molar-refractivity contribution >= 4 is 5.69 Å². The van der Waals surface area contributed by atoms with Gasteiger partial charge in [0.05, 0.1) is 12.8 Å². The Morgan fingerprint density at radius 2 is 1.70 bits per heavy atom. The van der Waals surface area contributed by atoms with Gasteiger partial charge in [-0.05, 0) is 30.3 Å². The van der Waals surface area contributed by atoms with E-state index in [1.165, 1.54) is 0 Å². The normalized spacial score (nSPS) is 10.1. The van der Waals surface area contributed by atoms with Crippen LogP contribution in [0.15, 0.2) is 72.9 Å². The van der Waals surface area contributed by atoms with Crippen LogP contribution in [0.1, 0.15) is 5.56 Å². The van der Waals surface area contributed by atoms with Crippen molar-refractivity contribution in [3.63, 3.8) is 0 Å². The lowest BCUT2D eigenvalue weighted by atomic mass is 10.2. The molecule has 0 fully saturated rings. The van der Waals surface area contributed by atoms with E-state index in [9.17, 15) is 0 Å². The number of benzene rings is 2.